The van der Waals surface area contributed by atoms with E-state index >= 15 is 0 Å². The molecule has 7 heteroatoms. The molecule has 3 heterocycles. The Labute approximate surface area is 165 Å². The Morgan fingerprint density at radius 3 is 2.57 bits per heavy atom. The fourth-order valence-corrected chi connectivity index (χ4v) is 4.12. The molecule has 0 bridgehead atoms. The Balaban J connectivity index is 1.36. The van der Waals surface area contributed by atoms with Crippen molar-refractivity contribution < 1.29 is 23.7 Å². The highest BCUT2D eigenvalue weighted by molar-refractivity contribution is 8.00. The number of pyridine rings is 1. The normalized spacial score (nSPS) is 14.3. The molecule has 0 amide bonds. The van der Waals surface area contributed by atoms with Crippen LogP contribution in [0.2, 0.25) is 0 Å². The van der Waals surface area contributed by atoms with Gasteiger partial charge in [-0.05, 0) is 42.8 Å². The van der Waals surface area contributed by atoms with Crippen LogP contribution in [0, 0.1) is 6.92 Å². The molecule has 0 aliphatic carbocycles. The number of aromatic nitrogens is 1. The molecule has 0 atom stereocenters. The lowest BCUT2D eigenvalue weighted by molar-refractivity contribution is 0.102. The van der Waals surface area contributed by atoms with Crippen molar-refractivity contribution >= 4 is 28.4 Å². The van der Waals surface area contributed by atoms with Gasteiger partial charge in [0, 0.05) is 17.0 Å². The number of Topliss-reactive ketones (excluding diaryl/α,β-unsaturated/α-hetero) is 1. The van der Waals surface area contributed by atoms with Crippen molar-refractivity contribution in [2.75, 3.05) is 25.8 Å². The zero-order valence-corrected chi connectivity index (χ0v) is 16.0. The van der Waals surface area contributed by atoms with Gasteiger partial charge in [0.1, 0.15) is 18.2 Å². The zero-order chi connectivity index (χ0) is 19.1. The molecule has 0 saturated carbocycles. The number of rotatable bonds is 4. The van der Waals surface area contributed by atoms with E-state index in [4.69, 9.17) is 23.9 Å². The van der Waals surface area contributed by atoms with Gasteiger partial charge in [0.2, 0.25) is 6.79 Å². The lowest BCUT2D eigenvalue weighted by Gasteiger charge is -2.18. The van der Waals surface area contributed by atoms with Crippen molar-refractivity contribution in [3.63, 3.8) is 0 Å². The number of carbonyl (C=O) groups is 1. The average molecular weight is 395 g/mol. The number of benzene rings is 2. The molecule has 1 aromatic heterocycles. The summed E-state index contributed by atoms with van der Waals surface area (Å²) in [6.45, 7) is 3.26. The number of nitrogens with zero attached hydrogens (tertiary/aromatic N) is 1. The maximum atomic E-state index is 12.7. The summed E-state index contributed by atoms with van der Waals surface area (Å²) in [4.78, 5) is 17.4. The first-order valence-electron chi connectivity index (χ1n) is 8.94. The van der Waals surface area contributed by atoms with Crippen molar-refractivity contribution in [2.45, 2.75) is 11.9 Å². The molecule has 28 heavy (non-hydrogen) atoms. The van der Waals surface area contributed by atoms with Gasteiger partial charge in [0.25, 0.3) is 0 Å². The number of hydrogen-bond donors (Lipinski definition) is 0. The van der Waals surface area contributed by atoms with Crippen LogP contribution in [0.1, 0.15) is 15.9 Å². The second-order valence-electron chi connectivity index (χ2n) is 6.58. The Morgan fingerprint density at radius 2 is 1.71 bits per heavy atom. The van der Waals surface area contributed by atoms with Gasteiger partial charge < -0.3 is 18.9 Å². The topological polar surface area (TPSA) is 66.9 Å². The maximum absolute atomic E-state index is 12.7. The van der Waals surface area contributed by atoms with E-state index in [0.29, 0.717) is 41.8 Å². The molecule has 0 spiro atoms. The van der Waals surface area contributed by atoms with E-state index in [2.05, 4.69) is 6.07 Å². The summed E-state index contributed by atoms with van der Waals surface area (Å²) in [5.41, 5.74) is 2.45. The molecule has 2 aromatic carbocycles. The summed E-state index contributed by atoms with van der Waals surface area (Å²) in [6.07, 6.45) is 0. The summed E-state index contributed by atoms with van der Waals surface area (Å²) in [7, 11) is 0. The predicted octanol–water partition coefficient (Wildman–Crippen LogP) is 4.02. The molecule has 6 nitrogen and oxygen atoms in total. The predicted molar refractivity (Wildman–Crippen MR) is 105 cm³/mol. The molecule has 0 unspecified atom stereocenters. The van der Waals surface area contributed by atoms with E-state index < -0.39 is 0 Å². The van der Waals surface area contributed by atoms with Gasteiger partial charge >= 0.3 is 0 Å². The summed E-state index contributed by atoms with van der Waals surface area (Å²) in [5.74, 6) is 3.06. The van der Waals surface area contributed by atoms with Crippen molar-refractivity contribution in [1.82, 2.24) is 4.98 Å². The van der Waals surface area contributed by atoms with E-state index in [9.17, 15) is 4.79 Å². The minimum atomic E-state index is 0.0222. The van der Waals surface area contributed by atoms with Crippen LogP contribution in [0.5, 0.6) is 23.0 Å². The number of thioether (sulfide) groups is 1. The van der Waals surface area contributed by atoms with Gasteiger partial charge in [-0.3, -0.25) is 4.79 Å². The van der Waals surface area contributed by atoms with Crippen LogP contribution in [-0.4, -0.2) is 36.5 Å². The molecule has 3 aromatic rings. The average Bonchev–Trinajstić information content (AvgIpc) is 3.17. The fraction of sp³-hybridized carbons (Fsp3) is 0.238. The third-order valence-corrected chi connectivity index (χ3v) is 5.75. The van der Waals surface area contributed by atoms with Gasteiger partial charge in [-0.2, -0.15) is 0 Å². The molecular weight excluding hydrogens is 378 g/mol. The highest BCUT2D eigenvalue weighted by Gasteiger charge is 2.18. The van der Waals surface area contributed by atoms with Crippen LogP contribution in [0.4, 0.5) is 0 Å². The van der Waals surface area contributed by atoms with Crippen LogP contribution in [-0.2, 0) is 0 Å². The quantitative estimate of drug-likeness (QED) is 0.488. The monoisotopic (exact) mass is 395 g/mol. The summed E-state index contributed by atoms with van der Waals surface area (Å²) in [6, 6.07) is 11.2. The van der Waals surface area contributed by atoms with Crippen molar-refractivity contribution in [3.05, 3.63) is 47.5 Å². The first-order valence-corrected chi connectivity index (χ1v) is 9.92. The van der Waals surface area contributed by atoms with E-state index in [1.165, 1.54) is 11.8 Å². The zero-order valence-electron chi connectivity index (χ0n) is 15.2. The molecule has 2 aliphatic heterocycles. The highest BCUT2D eigenvalue weighted by Crippen LogP contribution is 2.37. The number of ether oxygens (including phenoxy) is 4. The Kier molecular flexibility index (Phi) is 4.24. The first-order chi connectivity index (χ1) is 13.7. The fourth-order valence-electron chi connectivity index (χ4n) is 3.23. The molecule has 0 saturated heterocycles. The second kappa shape index (κ2) is 6.91. The minimum Gasteiger partial charge on any atom is -0.486 e. The van der Waals surface area contributed by atoms with Gasteiger partial charge in [0.05, 0.1) is 11.3 Å². The summed E-state index contributed by atoms with van der Waals surface area (Å²) >= 11 is 1.43. The van der Waals surface area contributed by atoms with Crippen LogP contribution >= 0.6 is 11.8 Å². The minimum absolute atomic E-state index is 0.0222. The van der Waals surface area contributed by atoms with Gasteiger partial charge in [-0.1, -0.05) is 11.8 Å². The standard InChI is InChI=1S/C21H17NO5S/c1-12-6-14-8-19-20(27-11-26-19)9-15(14)22-21(12)28-10-16(23)13-2-3-17-18(7-13)25-5-4-24-17/h2-3,6-9H,4-5,10-11H2,1H3. The van der Waals surface area contributed by atoms with Crippen LogP contribution in [0.3, 0.4) is 0 Å². The van der Waals surface area contributed by atoms with Crippen LogP contribution < -0.4 is 18.9 Å². The lowest BCUT2D eigenvalue weighted by atomic mass is 10.1. The van der Waals surface area contributed by atoms with Gasteiger partial charge in [0.15, 0.2) is 28.8 Å². The first kappa shape index (κ1) is 17.2. The summed E-state index contributed by atoms with van der Waals surface area (Å²) < 4.78 is 21.9. The molecule has 2 aliphatic rings. The van der Waals surface area contributed by atoms with Crippen molar-refractivity contribution in [2.24, 2.45) is 0 Å². The second-order valence-corrected chi connectivity index (χ2v) is 7.54. The third kappa shape index (κ3) is 3.11. The number of ketones is 1. The van der Waals surface area contributed by atoms with Gasteiger partial charge in [-0.15, -0.1) is 0 Å². The lowest BCUT2D eigenvalue weighted by Crippen LogP contribution is -2.16. The highest BCUT2D eigenvalue weighted by atomic mass is 32.2. The third-order valence-electron chi connectivity index (χ3n) is 4.66. The van der Waals surface area contributed by atoms with Gasteiger partial charge in [-0.25, -0.2) is 4.98 Å². The molecule has 0 fully saturated rings. The SMILES string of the molecule is Cc1cc2cc3c(cc2nc1SCC(=O)c1ccc2c(c1)OCCO2)OCO3. The van der Waals surface area contributed by atoms with E-state index in [0.717, 1.165) is 27.2 Å². The number of carbonyl (C=O) groups excluding carboxylic acids is 1. The Morgan fingerprint density at radius 1 is 0.964 bits per heavy atom. The number of hydrogen-bond acceptors (Lipinski definition) is 7. The summed E-state index contributed by atoms with van der Waals surface area (Å²) in [5, 5.41) is 1.82. The van der Waals surface area contributed by atoms with E-state index in [-0.39, 0.29) is 12.6 Å². The Hall–Kier alpha value is -2.93. The molecular formula is C21H17NO5S. The van der Waals surface area contributed by atoms with E-state index in [1.54, 1.807) is 18.2 Å². The van der Waals surface area contributed by atoms with Crippen molar-refractivity contribution in [3.8, 4) is 23.0 Å². The van der Waals surface area contributed by atoms with Crippen LogP contribution in [0.25, 0.3) is 10.9 Å². The molecule has 0 N–H and O–H groups in total. The number of fused-ring (bicyclic) bond motifs is 3. The van der Waals surface area contributed by atoms with Crippen molar-refractivity contribution in [1.29, 1.82) is 0 Å². The Bertz CT molecular complexity index is 1100. The molecule has 0 radical (unpaired) electrons. The van der Waals surface area contributed by atoms with E-state index in [1.807, 2.05) is 19.1 Å². The van der Waals surface area contributed by atoms with Crippen LogP contribution in [0.15, 0.2) is 41.4 Å². The number of aryl methyl sites for hydroxylation is 1. The maximum Gasteiger partial charge on any atom is 0.231 e. The largest absolute Gasteiger partial charge is 0.486 e. The molecule has 5 rings (SSSR count). The smallest absolute Gasteiger partial charge is 0.231 e. The molecule has 142 valence electrons.